The van der Waals surface area contributed by atoms with E-state index in [1.54, 1.807) is 11.0 Å². The van der Waals surface area contributed by atoms with Gasteiger partial charge in [-0.25, -0.2) is 4.98 Å². The Balaban J connectivity index is 1.75. The normalized spacial score (nSPS) is 16.3. The number of nitro groups is 1. The van der Waals surface area contributed by atoms with E-state index in [2.05, 4.69) is 19.9 Å². The van der Waals surface area contributed by atoms with E-state index in [-0.39, 0.29) is 23.3 Å². The van der Waals surface area contributed by atoms with Crippen molar-refractivity contribution in [3.63, 3.8) is 0 Å². The number of fused-ring (bicyclic) bond motifs is 1. The number of hydrogen-bond donors (Lipinski definition) is 0. The molecule has 1 atom stereocenters. The summed E-state index contributed by atoms with van der Waals surface area (Å²) < 4.78 is 6.78. The predicted molar refractivity (Wildman–Crippen MR) is 117 cm³/mol. The summed E-state index contributed by atoms with van der Waals surface area (Å²) in [7, 11) is 0. The Morgan fingerprint density at radius 1 is 1.33 bits per heavy atom. The first-order valence-electron chi connectivity index (χ1n) is 10.0. The van der Waals surface area contributed by atoms with Gasteiger partial charge in [0.1, 0.15) is 0 Å². The third-order valence-electron chi connectivity index (χ3n) is 5.25. The van der Waals surface area contributed by atoms with Crippen LogP contribution in [-0.2, 0) is 4.74 Å². The monoisotopic (exact) mass is 425 g/mol. The van der Waals surface area contributed by atoms with Crippen molar-refractivity contribution in [1.82, 2.24) is 4.98 Å². The fourth-order valence-corrected chi connectivity index (χ4v) is 4.70. The number of carbonyl (C=O) groups excluding carboxylic acids is 1. The number of rotatable bonds is 6. The number of hydrogen-bond acceptors (Lipinski definition) is 6. The minimum absolute atomic E-state index is 0.0655. The van der Waals surface area contributed by atoms with Gasteiger partial charge in [-0.05, 0) is 36.5 Å². The number of nitro benzene ring substituents is 1. The van der Waals surface area contributed by atoms with Crippen molar-refractivity contribution in [2.45, 2.75) is 38.7 Å². The maximum Gasteiger partial charge on any atom is 0.270 e. The van der Waals surface area contributed by atoms with Crippen LogP contribution in [0.5, 0.6) is 0 Å². The average molecular weight is 426 g/mol. The minimum atomic E-state index is -0.492. The van der Waals surface area contributed by atoms with Crippen molar-refractivity contribution < 1.29 is 14.5 Å². The van der Waals surface area contributed by atoms with Crippen molar-refractivity contribution in [3.8, 4) is 0 Å². The van der Waals surface area contributed by atoms with E-state index in [1.165, 1.54) is 29.5 Å². The molecule has 0 bridgehead atoms. The van der Waals surface area contributed by atoms with Crippen molar-refractivity contribution in [3.05, 3.63) is 63.7 Å². The summed E-state index contributed by atoms with van der Waals surface area (Å²) in [6.45, 7) is 5.29. The highest BCUT2D eigenvalue weighted by Crippen LogP contribution is 2.35. The molecule has 1 saturated heterocycles. The highest BCUT2D eigenvalue weighted by Gasteiger charge is 2.28. The van der Waals surface area contributed by atoms with Crippen molar-refractivity contribution in [2.75, 3.05) is 18.1 Å². The molecule has 30 heavy (non-hydrogen) atoms. The first-order chi connectivity index (χ1) is 14.4. The molecule has 156 valence electrons. The summed E-state index contributed by atoms with van der Waals surface area (Å²) >= 11 is 1.46. The topological polar surface area (TPSA) is 85.6 Å². The molecule has 1 unspecified atom stereocenters. The third-order valence-corrected chi connectivity index (χ3v) is 6.29. The summed E-state index contributed by atoms with van der Waals surface area (Å²) in [4.78, 5) is 30.5. The van der Waals surface area contributed by atoms with Crippen LogP contribution in [0.1, 0.15) is 48.5 Å². The number of anilines is 1. The molecule has 0 aliphatic carbocycles. The van der Waals surface area contributed by atoms with E-state index >= 15 is 0 Å². The quantitative estimate of drug-likeness (QED) is 0.402. The lowest BCUT2D eigenvalue weighted by atomic mass is 10.0. The lowest BCUT2D eigenvalue weighted by molar-refractivity contribution is -0.384. The van der Waals surface area contributed by atoms with Crippen LogP contribution >= 0.6 is 11.3 Å². The van der Waals surface area contributed by atoms with Gasteiger partial charge < -0.3 is 4.74 Å². The number of para-hydroxylation sites is 1. The zero-order valence-electron chi connectivity index (χ0n) is 16.9. The van der Waals surface area contributed by atoms with Crippen LogP contribution in [0.3, 0.4) is 0 Å². The van der Waals surface area contributed by atoms with E-state index in [4.69, 9.17) is 9.72 Å². The summed E-state index contributed by atoms with van der Waals surface area (Å²) in [6, 6.07) is 11.9. The number of non-ortho nitro benzene ring substituents is 1. The number of thiazole rings is 1. The van der Waals surface area contributed by atoms with Gasteiger partial charge in [0.2, 0.25) is 0 Å². The molecule has 4 rings (SSSR count). The second-order valence-electron chi connectivity index (χ2n) is 7.70. The van der Waals surface area contributed by atoms with Crippen molar-refractivity contribution >= 4 is 38.3 Å². The first-order valence-corrected chi connectivity index (χ1v) is 10.8. The molecule has 1 fully saturated rings. The molecule has 2 heterocycles. The lowest BCUT2D eigenvalue weighted by Gasteiger charge is -2.23. The molecule has 8 heteroatoms. The Hall–Kier alpha value is -2.84. The van der Waals surface area contributed by atoms with Gasteiger partial charge in [0.15, 0.2) is 5.13 Å². The molecular weight excluding hydrogens is 402 g/mol. The van der Waals surface area contributed by atoms with Gasteiger partial charge in [-0.2, -0.15) is 0 Å². The van der Waals surface area contributed by atoms with E-state index in [0.29, 0.717) is 24.2 Å². The van der Waals surface area contributed by atoms with Crippen LogP contribution < -0.4 is 4.90 Å². The molecule has 1 amide bonds. The molecule has 7 nitrogen and oxygen atoms in total. The molecule has 0 spiro atoms. The number of carbonyl (C=O) groups is 1. The molecule has 1 aromatic heterocycles. The summed E-state index contributed by atoms with van der Waals surface area (Å²) in [6.07, 6.45) is 1.77. The van der Waals surface area contributed by atoms with Crippen LogP contribution in [0.2, 0.25) is 0 Å². The Morgan fingerprint density at radius 2 is 2.13 bits per heavy atom. The molecule has 0 N–H and O–H groups in total. The van der Waals surface area contributed by atoms with Gasteiger partial charge in [-0.15, -0.1) is 0 Å². The molecule has 1 aliphatic heterocycles. The zero-order chi connectivity index (χ0) is 21.3. The number of aromatic nitrogens is 1. The standard InChI is InChI=1S/C22H23N3O4S/c1-14(2)18-9-4-10-19-20(18)23-22(30-19)24(13-17-8-5-11-29-17)21(26)15-6-3-7-16(12-15)25(27)28/h3-4,6-7,9-10,12,14,17H,5,8,11,13H2,1-2H3. The van der Waals surface area contributed by atoms with Gasteiger partial charge in [-0.1, -0.05) is 43.4 Å². The zero-order valence-corrected chi connectivity index (χ0v) is 17.7. The smallest absolute Gasteiger partial charge is 0.270 e. The number of nitrogens with zero attached hydrogens (tertiary/aromatic N) is 3. The molecule has 1 aliphatic rings. The third kappa shape index (κ3) is 4.06. The Labute approximate surface area is 178 Å². The second kappa shape index (κ2) is 8.49. The highest BCUT2D eigenvalue weighted by molar-refractivity contribution is 7.22. The fourth-order valence-electron chi connectivity index (χ4n) is 3.69. The van der Waals surface area contributed by atoms with E-state index in [9.17, 15) is 14.9 Å². The number of amides is 1. The number of benzene rings is 2. The minimum Gasteiger partial charge on any atom is -0.376 e. The van der Waals surface area contributed by atoms with Crippen molar-refractivity contribution in [1.29, 1.82) is 0 Å². The first kappa shape index (κ1) is 20.4. The van der Waals surface area contributed by atoms with E-state index < -0.39 is 4.92 Å². The maximum atomic E-state index is 13.4. The lowest BCUT2D eigenvalue weighted by Crippen LogP contribution is -2.37. The second-order valence-corrected chi connectivity index (χ2v) is 8.71. The van der Waals surface area contributed by atoms with Gasteiger partial charge in [0, 0.05) is 24.3 Å². The van der Waals surface area contributed by atoms with Gasteiger partial charge in [0.05, 0.1) is 27.8 Å². The highest BCUT2D eigenvalue weighted by atomic mass is 32.1. The molecule has 2 aromatic carbocycles. The van der Waals surface area contributed by atoms with E-state index in [1.807, 2.05) is 12.1 Å². The average Bonchev–Trinajstić information content (AvgIpc) is 3.40. The van der Waals surface area contributed by atoms with Crippen LogP contribution in [0.25, 0.3) is 10.2 Å². The van der Waals surface area contributed by atoms with E-state index in [0.717, 1.165) is 28.6 Å². The summed E-state index contributed by atoms with van der Waals surface area (Å²) in [5.74, 6) is 0.00194. The summed E-state index contributed by atoms with van der Waals surface area (Å²) in [5.41, 5.74) is 2.20. The molecule has 0 saturated carbocycles. The fraction of sp³-hybridized carbons (Fsp3) is 0.364. The van der Waals surface area contributed by atoms with Crippen LogP contribution in [0, 0.1) is 10.1 Å². The Kier molecular flexibility index (Phi) is 5.78. The predicted octanol–water partition coefficient (Wildman–Crippen LogP) is 5.15. The van der Waals surface area contributed by atoms with Gasteiger partial charge >= 0.3 is 0 Å². The van der Waals surface area contributed by atoms with Crippen LogP contribution in [0.4, 0.5) is 10.8 Å². The Bertz CT molecular complexity index is 1090. The SMILES string of the molecule is CC(C)c1cccc2sc(N(CC3CCCO3)C(=O)c3cccc([N+](=O)[O-])c3)nc12. The van der Waals surface area contributed by atoms with Gasteiger partial charge in [0.25, 0.3) is 11.6 Å². The van der Waals surface area contributed by atoms with Gasteiger partial charge in [-0.3, -0.25) is 19.8 Å². The molecular formula is C22H23N3O4S. The molecule has 0 radical (unpaired) electrons. The number of ether oxygens (including phenoxy) is 1. The maximum absolute atomic E-state index is 13.4. The molecule has 3 aromatic rings. The van der Waals surface area contributed by atoms with Crippen LogP contribution in [-0.4, -0.2) is 35.1 Å². The largest absolute Gasteiger partial charge is 0.376 e. The summed E-state index contributed by atoms with van der Waals surface area (Å²) in [5, 5.41) is 11.8. The van der Waals surface area contributed by atoms with Crippen LogP contribution in [0.15, 0.2) is 42.5 Å². The van der Waals surface area contributed by atoms with Crippen molar-refractivity contribution in [2.24, 2.45) is 0 Å². The Morgan fingerprint density at radius 3 is 2.83 bits per heavy atom.